The van der Waals surface area contributed by atoms with Crippen molar-refractivity contribution < 1.29 is 4.79 Å². The topological polar surface area (TPSA) is 51.2 Å². The van der Waals surface area contributed by atoms with Crippen molar-refractivity contribution in [2.45, 2.75) is 13.8 Å². The second-order valence-corrected chi connectivity index (χ2v) is 6.91. The Balaban J connectivity index is 0.00000264. The first-order valence-electron chi connectivity index (χ1n) is 8.29. The fourth-order valence-electron chi connectivity index (χ4n) is 2.78. The molecule has 2 saturated heterocycles. The minimum Gasteiger partial charge on any atom is -0.357 e. The van der Waals surface area contributed by atoms with Crippen LogP contribution in [0.4, 0.5) is 0 Å². The zero-order valence-electron chi connectivity index (χ0n) is 14.3. The number of guanidine groups is 1. The van der Waals surface area contributed by atoms with Crippen molar-refractivity contribution in [2.24, 2.45) is 4.99 Å². The Morgan fingerprint density at radius 3 is 2.26 bits per heavy atom. The molecule has 0 saturated carbocycles. The Kier molecular flexibility index (Phi) is 10.3. The quantitative estimate of drug-likeness (QED) is 0.386. The van der Waals surface area contributed by atoms with Gasteiger partial charge in [-0.2, -0.15) is 11.8 Å². The molecule has 2 rings (SSSR count). The Bertz CT molecular complexity index is 382. The number of halogens is 1. The largest absolute Gasteiger partial charge is 0.357 e. The smallest absolute Gasteiger partial charge is 0.219 e. The first-order valence-corrected chi connectivity index (χ1v) is 9.45. The van der Waals surface area contributed by atoms with Crippen molar-refractivity contribution >= 4 is 47.6 Å². The van der Waals surface area contributed by atoms with Crippen LogP contribution in [0.2, 0.25) is 0 Å². The molecule has 0 unspecified atom stereocenters. The second kappa shape index (κ2) is 11.4. The van der Waals surface area contributed by atoms with Gasteiger partial charge in [-0.3, -0.25) is 14.7 Å². The van der Waals surface area contributed by atoms with Gasteiger partial charge in [-0.25, -0.2) is 0 Å². The average Bonchev–Trinajstić information content (AvgIpc) is 2.55. The van der Waals surface area contributed by atoms with Gasteiger partial charge in [-0.05, 0) is 6.92 Å². The highest BCUT2D eigenvalue weighted by Gasteiger charge is 2.20. The van der Waals surface area contributed by atoms with E-state index in [1.54, 1.807) is 6.92 Å². The molecule has 0 spiro atoms. The third kappa shape index (κ3) is 7.04. The van der Waals surface area contributed by atoms with Crippen molar-refractivity contribution in [3.05, 3.63) is 0 Å². The molecule has 1 amide bonds. The van der Waals surface area contributed by atoms with Gasteiger partial charge in [-0.15, -0.1) is 24.0 Å². The van der Waals surface area contributed by atoms with Crippen LogP contribution in [0.1, 0.15) is 13.8 Å². The Hall–Kier alpha value is -0.220. The molecule has 0 aromatic heterocycles. The number of amides is 1. The number of carbonyl (C=O) groups is 1. The van der Waals surface area contributed by atoms with Crippen LogP contribution in [0.5, 0.6) is 0 Å². The van der Waals surface area contributed by atoms with E-state index >= 15 is 0 Å². The van der Waals surface area contributed by atoms with Crippen LogP contribution in [-0.2, 0) is 4.79 Å². The summed E-state index contributed by atoms with van der Waals surface area (Å²) < 4.78 is 0. The van der Waals surface area contributed by atoms with E-state index in [1.807, 2.05) is 16.7 Å². The summed E-state index contributed by atoms with van der Waals surface area (Å²) in [6.45, 7) is 12.2. The maximum atomic E-state index is 11.4. The molecule has 2 aliphatic heterocycles. The predicted octanol–water partition coefficient (Wildman–Crippen LogP) is 0.783. The van der Waals surface area contributed by atoms with Crippen LogP contribution >= 0.6 is 35.7 Å². The highest BCUT2D eigenvalue weighted by molar-refractivity contribution is 14.0. The summed E-state index contributed by atoms with van der Waals surface area (Å²) in [5.74, 6) is 3.66. The van der Waals surface area contributed by atoms with Gasteiger partial charge < -0.3 is 15.1 Å². The summed E-state index contributed by atoms with van der Waals surface area (Å²) in [7, 11) is 0. The molecule has 0 aliphatic carbocycles. The van der Waals surface area contributed by atoms with E-state index in [0.717, 1.165) is 51.8 Å². The fourth-order valence-corrected chi connectivity index (χ4v) is 3.76. The summed E-state index contributed by atoms with van der Waals surface area (Å²) in [5.41, 5.74) is 0. The van der Waals surface area contributed by atoms with Gasteiger partial charge in [-0.1, -0.05) is 0 Å². The molecular formula is C15H30IN5OS. The highest BCUT2D eigenvalue weighted by Crippen LogP contribution is 2.08. The number of hydrogen-bond acceptors (Lipinski definition) is 4. The van der Waals surface area contributed by atoms with Gasteiger partial charge >= 0.3 is 0 Å². The summed E-state index contributed by atoms with van der Waals surface area (Å²) in [6, 6.07) is 0. The van der Waals surface area contributed by atoms with E-state index in [2.05, 4.69) is 22.0 Å². The lowest BCUT2D eigenvalue weighted by molar-refractivity contribution is -0.130. The molecule has 0 bridgehead atoms. The minimum atomic E-state index is 0. The summed E-state index contributed by atoms with van der Waals surface area (Å²) in [4.78, 5) is 22.9. The Morgan fingerprint density at radius 1 is 1.09 bits per heavy atom. The number of aliphatic imine (C=N–C) groups is 1. The van der Waals surface area contributed by atoms with Crippen molar-refractivity contribution in [1.29, 1.82) is 0 Å². The zero-order chi connectivity index (χ0) is 15.8. The van der Waals surface area contributed by atoms with Gasteiger partial charge in [0, 0.05) is 70.8 Å². The predicted molar refractivity (Wildman–Crippen MR) is 109 cm³/mol. The number of hydrogen-bond donors (Lipinski definition) is 1. The van der Waals surface area contributed by atoms with Crippen LogP contribution in [-0.4, -0.2) is 97.0 Å². The molecule has 0 aromatic carbocycles. The molecule has 1 N–H and O–H groups in total. The standard InChI is InChI=1S/C15H29N5OS.HI/c1-3-16-15(17-4-5-18-10-12-22-13-11-18)20-8-6-19(7-9-20)14(2)21;/h3-13H2,1-2H3,(H,16,17);1H. The fraction of sp³-hybridized carbons (Fsp3) is 0.867. The van der Waals surface area contributed by atoms with Gasteiger partial charge in [0.2, 0.25) is 5.91 Å². The van der Waals surface area contributed by atoms with Gasteiger partial charge in [0.1, 0.15) is 0 Å². The monoisotopic (exact) mass is 455 g/mol. The van der Waals surface area contributed by atoms with Crippen molar-refractivity contribution in [1.82, 2.24) is 20.0 Å². The third-order valence-corrected chi connectivity index (χ3v) is 5.08. The maximum Gasteiger partial charge on any atom is 0.219 e. The molecule has 0 radical (unpaired) electrons. The molecule has 2 heterocycles. The van der Waals surface area contributed by atoms with Crippen LogP contribution in [0.25, 0.3) is 0 Å². The SMILES string of the molecule is CCNC(=NCCN1CCSCC1)N1CCN(C(C)=O)CC1.I. The number of piperazine rings is 1. The number of rotatable bonds is 4. The molecule has 0 atom stereocenters. The van der Waals surface area contributed by atoms with Crippen molar-refractivity contribution in [3.63, 3.8) is 0 Å². The van der Waals surface area contributed by atoms with E-state index in [9.17, 15) is 4.79 Å². The van der Waals surface area contributed by atoms with Crippen LogP contribution < -0.4 is 5.32 Å². The third-order valence-electron chi connectivity index (χ3n) is 4.14. The number of nitrogens with zero attached hydrogens (tertiary/aromatic N) is 4. The maximum absolute atomic E-state index is 11.4. The lowest BCUT2D eigenvalue weighted by Gasteiger charge is -2.36. The van der Waals surface area contributed by atoms with Crippen molar-refractivity contribution in [2.75, 3.05) is 70.4 Å². The van der Waals surface area contributed by atoms with Crippen LogP contribution in [0.3, 0.4) is 0 Å². The summed E-state index contributed by atoms with van der Waals surface area (Å²) in [5, 5.41) is 3.38. The zero-order valence-corrected chi connectivity index (χ0v) is 17.4. The molecule has 134 valence electrons. The van der Waals surface area contributed by atoms with E-state index in [1.165, 1.54) is 24.6 Å². The van der Waals surface area contributed by atoms with E-state index in [-0.39, 0.29) is 29.9 Å². The Morgan fingerprint density at radius 2 is 1.70 bits per heavy atom. The molecule has 2 aliphatic rings. The van der Waals surface area contributed by atoms with Crippen molar-refractivity contribution in [3.8, 4) is 0 Å². The van der Waals surface area contributed by atoms with Crippen LogP contribution in [0.15, 0.2) is 4.99 Å². The minimum absolute atomic E-state index is 0. The molecule has 0 aromatic rings. The molecule has 23 heavy (non-hydrogen) atoms. The molecular weight excluding hydrogens is 425 g/mol. The van der Waals surface area contributed by atoms with Gasteiger partial charge in [0.05, 0.1) is 6.54 Å². The number of carbonyl (C=O) groups excluding carboxylic acids is 1. The first kappa shape index (κ1) is 20.8. The van der Waals surface area contributed by atoms with E-state index in [0.29, 0.717) is 0 Å². The normalized spacial score (nSPS) is 20.2. The molecule has 6 nitrogen and oxygen atoms in total. The van der Waals surface area contributed by atoms with E-state index in [4.69, 9.17) is 4.99 Å². The second-order valence-electron chi connectivity index (χ2n) is 5.68. The average molecular weight is 455 g/mol. The highest BCUT2D eigenvalue weighted by atomic mass is 127. The summed E-state index contributed by atoms with van der Waals surface area (Å²) in [6.07, 6.45) is 0. The van der Waals surface area contributed by atoms with Gasteiger partial charge in [0.25, 0.3) is 0 Å². The molecule has 2 fully saturated rings. The lowest BCUT2D eigenvalue weighted by atomic mass is 10.3. The van der Waals surface area contributed by atoms with E-state index < -0.39 is 0 Å². The number of thioether (sulfide) groups is 1. The summed E-state index contributed by atoms with van der Waals surface area (Å²) >= 11 is 2.04. The van der Waals surface area contributed by atoms with Gasteiger partial charge in [0.15, 0.2) is 5.96 Å². The first-order chi connectivity index (χ1) is 10.7. The Labute approximate surface area is 161 Å². The molecule has 8 heteroatoms. The van der Waals surface area contributed by atoms with Crippen LogP contribution in [0, 0.1) is 0 Å². The number of nitrogens with one attached hydrogen (secondary N) is 1. The lowest BCUT2D eigenvalue weighted by Crippen LogP contribution is -2.53.